The minimum Gasteiger partial charge on any atom is -0.396 e. The van der Waals surface area contributed by atoms with Crippen molar-refractivity contribution in [3.8, 4) is 0 Å². The summed E-state index contributed by atoms with van der Waals surface area (Å²) in [5.74, 6) is 0.828. The molecular weight excluding hydrogens is 248 g/mol. The number of likely N-dealkylation sites (tertiary alicyclic amines) is 1. The molecule has 0 spiro atoms. The van der Waals surface area contributed by atoms with Crippen LogP contribution in [0.15, 0.2) is 30.3 Å². The van der Waals surface area contributed by atoms with E-state index in [2.05, 4.69) is 47.2 Å². The van der Waals surface area contributed by atoms with Gasteiger partial charge in [-0.3, -0.25) is 0 Å². The minimum atomic E-state index is 0.319. The fourth-order valence-corrected chi connectivity index (χ4v) is 3.09. The zero-order valence-electron chi connectivity index (χ0n) is 12.7. The van der Waals surface area contributed by atoms with Crippen LogP contribution >= 0.6 is 0 Å². The third-order valence-electron chi connectivity index (χ3n) is 4.20. The molecule has 3 nitrogen and oxygen atoms in total. The Kier molecular flexibility index (Phi) is 6.51. The molecule has 2 rings (SSSR count). The number of benzene rings is 1. The molecule has 0 bridgehead atoms. The number of piperidine rings is 1. The van der Waals surface area contributed by atoms with Crippen LogP contribution in [-0.4, -0.2) is 54.7 Å². The van der Waals surface area contributed by atoms with Crippen LogP contribution in [0.3, 0.4) is 0 Å². The summed E-state index contributed by atoms with van der Waals surface area (Å²) in [6, 6.07) is 10.7. The van der Waals surface area contributed by atoms with Crippen LogP contribution in [0.5, 0.6) is 0 Å². The lowest BCUT2D eigenvalue weighted by Crippen LogP contribution is -2.38. The zero-order valence-corrected chi connectivity index (χ0v) is 12.7. The zero-order chi connectivity index (χ0) is 14.2. The lowest BCUT2D eigenvalue weighted by atomic mass is 9.96. The second-order valence-electron chi connectivity index (χ2n) is 6.04. The molecule has 112 valence electrons. The molecule has 1 heterocycles. The monoisotopic (exact) mass is 276 g/mol. The van der Waals surface area contributed by atoms with Crippen molar-refractivity contribution in [2.24, 2.45) is 5.92 Å². The van der Waals surface area contributed by atoms with E-state index in [-0.39, 0.29) is 0 Å². The van der Waals surface area contributed by atoms with Crippen molar-refractivity contribution in [1.29, 1.82) is 0 Å². The molecule has 1 fully saturated rings. The molecule has 1 saturated heterocycles. The topological polar surface area (TPSA) is 26.7 Å². The Balaban J connectivity index is 1.67. The van der Waals surface area contributed by atoms with E-state index in [9.17, 15) is 0 Å². The van der Waals surface area contributed by atoms with Gasteiger partial charge in [0.05, 0.1) is 0 Å². The summed E-state index contributed by atoms with van der Waals surface area (Å²) in [4.78, 5) is 4.94. The van der Waals surface area contributed by atoms with Crippen molar-refractivity contribution in [1.82, 2.24) is 9.80 Å². The second kappa shape index (κ2) is 8.40. The second-order valence-corrected chi connectivity index (χ2v) is 6.04. The van der Waals surface area contributed by atoms with Crippen molar-refractivity contribution in [3.05, 3.63) is 35.9 Å². The predicted molar refractivity (Wildman–Crippen MR) is 83.6 cm³/mol. The van der Waals surface area contributed by atoms with Gasteiger partial charge in [-0.2, -0.15) is 0 Å². The Labute approximate surface area is 123 Å². The number of aliphatic hydroxyl groups is 1. The maximum atomic E-state index is 8.87. The van der Waals surface area contributed by atoms with Gasteiger partial charge in [-0.05, 0) is 50.9 Å². The number of nitrogens with zero attached hydrogens (tertiary/aromatic N) is 2. The standard InChI is InChI=1S/C17H28N2O/c1-18(14-16-6-3-2-4-7-16)15-17-8-11-19(12-9-17)10-5-13-20/h2-4,6-7,17,20H,5,8-15H2,1H3. The van der Waals surface area contributed by atoms with E-state index >= 15 is 0 Å². The fraction of sp³-hybridized carbons (Fsp3) is 0.647. The van der Waals surface area contributed by atoms with Gasteiger partial charge in [-0.1, -0.05) is 30.3 Å². The first-order chi connectivity index (χ1) is 9.78. The van der Waals surface area contributed by atoms with E-state index < -0.39 is 0 Å². The Morgan fingerprint density at radius 1 is 1.20 bits per heavy atom. The van der Waals surface area contributed by atoms with Crippen LogP contribution in [0.25, 0.3) is 0 Å². The van der Waals surface area contributed by atoms with Crippen LogP contribution in [-0.2, 0) is 6.54 Å². The summed E-state index contributed by atoms with van der Waals surface area (Å²) in [5, 5.41) is 8.87. The van der Waals surface area contributed by atoms with E-state index in [4.69, 9.17) is 5.11 Å². The average Bonchev–Trinajstić information content (AvgIpc) is 2.47. The lowest BCUT2D eigenvalue weighted by molar-refractivity contribution is 0.143. The van der Waals surface area contributed by atoms with Gasteiger partial charge in [-0.25, -0.2) is 0 Å². The molecule has 0 saturated carbocycles. The normalized spacial score (nSPS) is 17.8. The minimum absolute atomic E-state index is 0.319. The first-order valence-corrected chi connectivity index (χ1v) is 7.83. The molecule has 0 aromatic heterocycles. The molecule has 0 amide bonds. The van der Waals surface area contributed by atoms with Gasteiger partial charge < -0.3 is 14.9 Å². The fourth-order valence-electron chi connectivity index (χ4n) is 3.09. The maximum absolute atomic E-state index is 8.87. The van der Waals surface area contributed by atoms with Crippen molar-refractivity contribution in [2.75, 3.05) is 39.8 Å². The summed E-state index contributed by atoms with van der Waals surface area (Å²) in [7, 11) is 2.23. The number of rotatable bonds is 7. The van der Waals surface area contributed by atoms with E-state index in [1.165, 1.54) is 38.0 Å². The van der Waals surface area contributed by atoms with Gasteiger partial charge in [-0.15, -0.1) is 0 Å². The van der Waals surface area contributed by atoms with Crippen molar-refractivity contribution in [2.45, 2.75) is 25.8 Å². The van der Waals surface area contributed by atoms with Crippen molar-refractivity contribution in [3.63, 3.8) is 0 Å². The van der Waals surface area contributed by atoms with Crippen LogP contribution in [0.1, 0.15) is 24.8 Å². The molecule has 1 aromatic rings. The number of hydrogen-bond donors (Lipinski definition) is 1. The molecule has 1 N–H and O–H groups in total. The van der Waals surface area contributed by atoms with Gasteiger partial charge >= 0.3 is 0 Å². The third kappa shape index (κ3) is 5.23. The van der Waals surface area contributed by atoms with E-state index in [0.717, 1.165) is 25.4 Å². The van der Waals surface area contributed by atoms with E-state index in [1.807, 2.05) is 0 Å². The summed E-state index contributed by atoms with van der Waals surface area (Å²) in [6.07, 6.45) is 3.51. The maximum Gasteiger partial charge on any atom is 0.0443 e. The van der Waals surface area contributed by atoms with Gasteiger partial charge in [0.2, 0.25) is 0 Å². The molecule has 0 atom stereocenters. The highest BCUT2D eigenvalue weighted by atomic mass is 16.3. The summed E-state index contributed by atoms with van der Waals surface area (Å²) < 4.78 is 0. The predicted octanol–water partition coefficient (Wildman–Crippen LogP) is 2.21. The Morgan fingerprint density at radius 3 is 2.55 bits per heavy atom. The van der Waals surface area contributed by atoms with E-state index in [0.29, 0.717) is 6.61 Å². The van der Waals surface area contributed by atoms with Gasteiger partial charge in [0.1, 0.15) is 0 Å². The van der Waals surface area contributed by atoms with Gasteiger partial charge in [0.15, 0.2) is 0 Å². The van der Waals surface area contributed by atoms with Crippen molar-refractivity contribution >= 4 is 0 Å². The molecule has 0 aliphatic carbocycles. The SMILES string of the molecule is CN(Cc1ccccc1)CC1CCN(CCCO)CC1. The Bertz CT molecular complexity index is 361. The average molecular weight is 276 g/mol. The Hall–Kier alpha value is -0.900. The summed E-state index contributed by atoms with van der Waals surface area (Å²) in [5.41, 5.74) is 1.40. The molecular formula is C17H28N2O. The van der Waals surface area contributed by atoms with E-state index in [1.54, 1.807) is 0 Å². The largest absolute Gasteiger partial charge is 0.396 e. The first-order valence-electron chi connectivity index (χ1n) is 7.83. The highest BCUT2D eigenvalue weighted by molar-refractivity contribution is 5.14. The molecule has 1 aromatic carbocycles. The molecule has 0 radical (unpaired) electrons. The van der Waals surface area contributed by atoms with Crippen LogP contribution in [0.4, 0.5) is 0 Å². The molecule has 0 unspecified atom stereocenters. The molecule has 3 heteroatoms. The van der Waals surface area contributed by atoms with Crippen LogP contribution in [0.2, 0.25) is 0 Å². The van der Waals surface area contributed by atoms with Gasteiger partial charge in [0.25, 0.3) is 0 Å². The summed E-state index contributed by atoms with van der Waals surface area (Å²) in [6.45, 7) is 6.02. The molecule has 1 aliphatic rings. The van der Waals surface area contributed by atoms with Crippen LogP contribution in [0, 0.1) is 5.92 Å². The van der Waals surface area contributed by atoms with Crippen LogP contribution < -0.4 is 0 Å². The highest BCUT2D eigenvalue weighted by Crippen LogP contribution is 2.18. The highest BCUT2D eigenvalue weighted by Gasteiger charge is 2.19. The lowest BCUT2D eigenvalue weighted by Gasteiger charge is -2.33. The molecule has 20 heavy (non-hydrogen) atoms. The number of aliphatic hydroxyl groups excluding tert-OH is 1. The smallest absolute Gasteiger partial charge is 0.0443 e. The Morgan fingerprint density at radius 2 is 1.90 bits per heavy atom. The van der Waals surface area contributed by atoms with Gasteiger partial charge in [0, 0.05) is 26.2 Å². The first kappa shape index (κ1) is 15.5. The number of hydrogen-bond acceptors (Lipinski definition) is 3. The molecule has 1 aliphatic heterocycles. The third-order valence-corrected chi connectivity index (χ3v) is 4.20. The quantitative estimate of drug-likeness (QED) is 0.827. The summed E-state index contributed by atoms with van der Waals surface area (Å²) >= 11 is 0. The van der Waals surface area contributed by atoms with Crippen molar-refractivity contribution < 1.29 is 5.11 Å².